The van der Waals surface area contributed by atoms with Gasteiger partial charge in [-0.05, 0) is 19.8 Å². The zero-order chi connectivity index (χ0) is 16.9. The van der Waals surface area contributed by atoms with E-state index in [1.807, 2.05) is 6.92 Å². The van der Waals surface area contributed by atoms with Gasteiger partial charge in [-0.15, -0.1) is 0 Å². The van der Waals surface area contributed by atoms with Gasteiger partial charge >= 0.3 is 6.09 Å². The normalized spacial score (nSPS) is 15.7. The first-order valence-electron chi connectivity index (χ1n) is 8.67. The quantitative estimate of drug-likeness (QED) is 0.416. The van der Waals surface area contributed by atoms with E-state index in [9.17, 15) is 4.79 Å². The number of hydrogen-bond donors (Lipinski definition) is 1. The molecule has 0 saturated carbocycles. The second-order valence-electron chi connectivity index (χ2n) is 5.47. The standard InChI is InChI=1S/C16H32N4O3/c1-4-6-13-22-14-7-8-18-15(17-3)19-9-11-20(12-10-19)16(21)23-5-2/h4-14H2,1-3H3,(H,17,18). The third-order valence-electron chi connectivity index (χ3n) is 3.71. The van der Waals surface area contributed by atoms with Crippen molar-refractivity contribution < 1.29 is 14.3 Å². The number of nitrogens with one attached hydrogen (secondary N) is 1. The van der Waals surface area contributed by atoms with Crippen LogP contribution in [0.1, 0.15) is 33.1 Å². The Hall–Kier alpha value is -1.50. The van der Waals surface area contributed by atoms with Gasteiger partial charge in [0, 0.05) is 53.0 Å². The monoisotopic (exact) mass is 328 g/mol. The lowest BCUT2D eigenvalue weighted by molar-refractivity contribution is 0.0913. The molecule has 23 heavy (non-hydrogen) atoms. The number of carbonyl (C=O) groups excluding carboxylic acids is 1. The Balaban J connectivity index is 2.20. The van der Waals surface area contributed by atoms with Crippen molar-refractivity contribution in [2.24, 2.45) is 4.99 Å². The van der Waals surface area contributed by atoms with Crippen molar-refractivity contribution in [3.05, 3.63) is 0 Å². The van der Waals surface area contributed by atoms with Gasteiger partial charge in [-0.2, -0.15) is 0 Å². The summed E-state index contributed by atoms with van der Waals surface area (Å²) in [5.41, 5.74) is 0. The first-order chi connectivity index (χ1) is 11.2. The summed E-state index contributed by atoms with van der Waals surface area (Å²) < 4.78 is 10.6. The van der Waals surface area contributed by atoms with Crippen LogP contribution < -0.4 is 5.32 Å². The van der Waals surface area contributed by atoms with Crippen molar-refractivity contribution in [1.82, 2.24) is 15.1 Å². The Bertz CT molecular complexity index is 355. The van der Waals surface area contributed by atoms with E-state index in [1.165, 1.54) is 6.42 Å². The van der Waals surface area contributed by atoms with E-state index in [2.05, 4.69) is 22.1 Å². The van der Waals surface area contributed by atoms with E-state index in [4.69, 9.17) is 9.47 Å². The Morgan fingerprint density at radius 2 is 1.74 bits per heavy atom. The van der Waals surface area contributed by atoms with Crippen LogP contribution in [0.2, 0.25) is 0 Å². The summed E-state index contributed by atoms with van der Waals surface area (Å²) in [6, 6.07) is 0. The molecule has 0 aromatic carbocycles. The molecular formula is C16H32N4O3. The van der Waals surface area contributed by atoms with Crippen molar-refractivity contribution in [2.45, 2.75) is 33.1 Å². The molecule has 1 aliphatic rings. The number of nitrogens with zero attached hydrogens (tertiary/aromatic N) is 3. The van der Waals surface area contributed by atoms with Crippen LogP contribution in [-0.2, 0) is 9.47 Å². The smallest absolute Gasteiger partial charge is 0.409 e. The Morgan fingerprint density at radius 3 is 2.35 bits per heavy atom. The van der Waals surface area contributed by atoms with Gasteiger partial charge in [0.1, 0.15) is 0 Å². The molecule has 1 saturated heterocycles. The minimum atomic E-state index is -0.223. The lowest BCUT2D eigenvalue weighted by atomic mass is 10.3. The molecule has 1 amide bonds. The summed E-state index contributed by atoms with van der Waals surface area (Å²) in [5.74, 6) is 0.891. The number of hydrogen-bond acceptors (Lipinski definition) is 4. The minimum Gasteiger partial charge on any atom is -0.450 e. The van der Waals surface area contributed by atoms with Crippen LogP contribution in [0.25, 0.3) is 0 Å². The van der Waals surface area contributed by atoms with Crippen LogP contribution in [0, 0.1) is 0 Å². The highest BCUT2D eigenvalue weighted by Gasteiger charge is 2.23. The Kier molecular flexibility index (Phi) is 10.2. The molecule has 0 spiro atoms. The van der Waals surface area contributed by atoms with Gasteiger partial charge in [0.25, 0.3) is 0 Å². The van der Waals surface area contributed by atoms with Crippen LogP contribution in [0.5, 0.6) is 0 Å². The lowest BCUT2D eigenvalue weighted by Crippen LogP contribution is -2.54. The molecule has 0 bridgehead atoms. The van der Waals surface area contributed by atoms with Crippen LogP contribution >= 0.6 is 0 Å². The molecule has 7 heteroatoms. The molecule has 7 nitrogen and oxygen atoms in total. The summed E-state index contributed by atoms with van der Waals surface area (Å²) in [4.78, 5) is 19.9. The van der Waals surface area contributed by atoms with Gasteiger partial charge in [0.2, 0.25) is 0 Å². The van der Waals surface area contributed by atoms with E-state index in [-0.39, 0.29) is 6.09 Å². The molecule has 0 aliphatic carbocycles. The van der Waals surface area contributed by atoms with Gasteiger partial charge in [0.15, 0.2) is 5.96 Å². The molecule has 1 heterocycles. The number of aliphatic imine (C=N–C) groups is 1. The zero-order valence-corrected chi connectivity index (χ0v) is 14.8. The van der Waals surface area contributed by atoms with Gasteiger partial charge < -0.3 is 24.6 Å². The predicted molar refractivity (Wildman–Crippen MR) is 91.9 cm³/mol. The largest absolute Gasteiger partial charge is 0.450 e. The highest BCUT2D eigenvalue weighted by molar-refractivity contribution is 5.80. The van der Waals surface area contributed by atoms with Gasteiger partial charge in [-0.1, -0.05) is 13.3 Å². The van der Waals surface area contributed by atoms with E-state index in [0.29, 0.717) is 19.7 Å². The number of piperazine rings is 1. The van der Waals surface area contributed by atoms with E-state index in [1.54, 1.807) is 11.9 Å². The van der Waals surface area contributed by atoms with Crippen LogP contribution in [0.15, 0.2) is 4.99 Å². The molecule has 0 radical (unpaired) electrons. The highest BCUT2D eigenvalue weighted by atomic mass is 16.6. The maximum Gasteiger partial charge on any atom is 0.409 e. The van der Waals surface area contributed by atoms with Crippen molar-refractivity contribution in [1.29, 1.82) is 0 Å². The number of amides is 1. The van der Waals surface area contributed by atoms with E-state index >= 15 is 0 Å². The number of rotatable bonds is 8. The lowest BCUT2D eigenvalue weighted by Gasteiger charge is -2.35. The molecular weight excluding hydrogens is 296 g/mol. The number of unbranched alkanes of at least 4 members (excludes halogenated alkanes) is 1. The third kappa shape index (κ3) is 7.54. The number of guanidine groups is 1. The Morgan fingerprint density at radius 1 is 1.09 bits per heavy atom. The molecule has 1 fully saturated rings. The first-order valence-corrected chi connectivity index (χ1v) is 8.67. The van der Waals surface area contributed by atoms with Gasteiger partial charge in [-0.25, -0.2) is 4.79 Å². The second-order valence-corrected chi connectivity index (χ2v) is 5.47. The summed E-state index contributed by atoms with van der Waals surface area (Å²) >= 11 is 0. The van der Waals surface area contributed by atoms with Crippen LogP contribution in [0.4, 0.5) is 4.79 Å². The average Bonchev–Trinajstić information content (AvgIpc) is 2.58. The summed E-state index contributed by atoms with van der Waals surface area (Å²) in [7, 11) is 1.79. The molecule has 0 aromatic rings. The summed E-state index contributed by atoms with van der Waals surface area (Å²) in [6.45, 7) is 9.75. The average molecular weight is 328 g/mol. The second kappa shape index (κ2) is 12.0. The topological polar surface area (TPSA) is 66.4 Å². The third-order valence-corrected chi connectivity index (χ3v) is 3.71. The molecule has 0 unspecified atom stereocenters. The molecule has 1 rings (SSSR count). The molecule has 0 atom stereocenters. The minimum absolute atomic E-state index is 0.223. The summed E-state index contributed by atoms with van der Waals surface area (Å²) in [6.07, 6.45) is 3.04. The predicted octanol–water partition coefficient (Wildman–Crippen LogP) is 1.54. The summed E-state index contributed by atoms with van der Waals surface area (Å²) in [5, 5.41) is 3.36. The molecule has 134 valence electrons. The number of carbonyl (C=O) groups is 1. The van der Waals surface area contributed by atoms with Crippen molar-refractivity contribution in [3.8, 4) is 0 Å². The fraction of sp³-hybridized carbons (Fsp3) is 0.875. The maximum absolute atomic E-state index is 11.7. The molecule has 0 aromatic heterocycles. The van der Waals surface area contributed by atoms with Crippen molar-refractivity contribution in [2.75, 3.05) is 59.6 Å². The fourth-order valence-corrected chi connectivity index (χ4v) is 2.37. The molecule has 1 N–H and O–H groups in total. The van der Waals surface area contributed by atoms with E-state index < -0.39 is 0 Å². The zero-order valence-electron chi connectivity index (χ0n) is 14.8. The SMILES string of the molecule is CCCCOCCCNC(=NC)N1CCN(C(=O)OCC)CC1. The van der Waals surface area contributed by atoms with Crippen molar-refractivity contribution in [3.63, 3.8) is 0 Å². The Labute approximate surface area is 140 Å². The van der Waals surface area contributed by atoms with Crippen LogP contribution in [0.3, 0.4) is 0 Å². The first kappa shape index (κ1) is 19.5. The van der Waals surface area contributed by atoms with E-state index in [0.717, 1.165) is 51.6 Å². The van der Waals surface area contributed by atoms with Gasteiger partial charge in [-0.3, -0.25) is 4.99 Å². The maximum atomic E-state index is 11.7. The number of ether oxygens (including phenoxy) is 2. The van der Waals surface area contributed by atoms with Gasteiger partial charge in [0.05, 0.1) is 6.61 Å². The highest BCUT2D eigenvalue weighted by Crippen LogP contribution is 2.04. The van der Waals surface area contributed by atoms with Crippen LogP contribution in [-0.4, -0.2) is 81.4 Å². The fourth-order valence-electron chi connectivity index (χ4n) is 2.37. The van der Waals surface area contributed by atoms with Crippen molar-refractivity contribution >= 4 is 12.1 Å². The molecule has 1 aliphatic heterocycles.